The summed E-state index contributed by atoms with van der Waals surface area (Å²) < 4.78 is 5.89. The maximum atomic E-state index is 8.95. The van der Waals surface area contributed by atoms with Crippen molar-refractivity contribution in [2.45, 2.75) is 25.7 Å². The molecule has 0 saturated heterocycles. The van der Waals surface area contributed by atoms with Gasteiger partial charge in [0, 0.05) is 14.7 Å². The molecule has 0 aromatic heterocycles. The largest absolute Gasteiger partial charge is 0.391 e. The van der Waals surface area contributed by atoms with Crippen LogP contribution in [-0.2, 0) is 4.74 Å². The second kappa shape index (κ2) is 8.14. The summed E-state index contributed by atoms with van der Waals surface area (Å²) in [4.78, 5) is 1.73. The van der Waals surface area contributed by atoms with E-state index in [4.69, 9.17) is 15.7 Å². The molecule has 2 N–H and O–H groups in total. The highest BCUT2D eigenvalue weighted by Gasteiger charge is 2.14. The van der Waals surface area contributed by atoms with Gasteiger partial charge < -0.3 is 15.4 Å². The van der Waals surface area contributed by atoms with Gasteiger partial charge in [-0.3, -0.25) is 0 Å². The van der Waals surface area contributed by atoms with Crippen molar-refractivity contribution in [3.63, 3.8) is 0 Å². The molecule has 0 aliphatic carbocycles. The van der Waals surface area contributed by atoms with E-state index in [1.54, 1.807) is 4.90 Å². The zero-order valence-corrected chi connectivity index (χ0v) is 14.6. The third kappa shape index (κ3) is 7.81. The van der Waals surface area contributed by atoms with E-state index in [9.17, 15) is 0 Å². The molecule has 0 unspecified atom stereocenters. The van der Waals surface area contributed by atoms with Gasteiger partial charge in [0.2, 0.25) is 0 Å². The summed E-state index contributed by atoms with van der Waals surface area (Å²) >= 11 is 6.42. The highest BCUT2D eigenvalue weighted by atomic mass is 79.9. The van der Waals surface area contributed by atoms with E-state index in [1.807, 2.05) is 6.07 Å². The van der Waals surface area contributed by atoms with E-state index in [-0.39, 0.29) is 0 Å². The highest BCUT2D eigenvalue weighted by molar-refractivity contribution is 9.11. The number of nitrogens with zero attached hydrogens (tertiary/aromatic N) is 2. The first kappa shape index (κ1) is 17.0. The lowest BCUT2D eigenvalue weighted by atomic mass is 10.5. The minimum atomic E-state index is -1.06. The van der Waals surface area contributed by atoms with Gasteiger partial charge in [-0.1, -0.05) is 35.6 Å². The van der Waals surface area contributed by atoms with E-state index in [0.717, 1.165) is 12.7 Å². The van der Waals surface area contributed by atoms with Crippen LogP contribution in [0.2, 0.25) is 25.7 Å². The van der Waals surface area contributed by atoms with Crippen molar-refractivity contribution >= 4 is 39.9 Å². The van der Waals surface area contributed by atoms with Gasteiger partial charge in [-0.2, -0.15) is 5.26 Å². The van der Waals surface area contributed by atoms with Crippen LogP contribution in [0, 0.1) is 11.3 Å². The van der Waals surface area contributed by atoms with Crippen molar-refractivity contribution in [1.82, 2.24) is 4.90 Å². The SMILES string of the molecule is C[Si](C)(C)CCOCN(CBr)/C(C#N)=C(\N)Br. The molecule has 0 spiro atoms. The van der Waals surface area contributed by atoms with Gasteiger partial charge in [-0.15, -0.1) is 0 Å². The first-order chi connectivity index (χ1) is 7.81. The van der Waals surface area contributed by atoms with Crippen molar-refractivity contribution < 1.29 is 4.74 Å². The van der Waals surface area contributed by atoms with Gasteiger partial charge in [-0.25, -0.2) is 0 Å². The van der Waals surface area contributed by atoms with Gasteiger partial charge in [-0.05, 0) is 22.0 Å². The molecule has 98 valence electrons. The van der Waals surface area contributed by atoms with Crippen LogP contribution in [-0.4, -0.2) is 31.8 Å². The summed E-state index contributed by atoms with van der Waals surface area (Å²) in [5.41, 5.74) is 6.45. The summed E-state index contributed by atoms with van der Waals surface area (Å²) in [6, 6.07) is 3.15. The predicted octanol–water partition coefficient (Wildman–Crippen LogP) is 3.00. The molecular formula is C10H19Br2N3OSi. The molecule has 0 atom stereocenters. The van der Waals surface area contributed by atoms with Crippen LogP contribution in [0.4, 0.5) is 0 Å². The van der Waals surface area contributed by atoms with Crippen LogP contribution < -0.4 is 5.73 Å². The number of ether oxygens (including phenoxy) is 1. The van der Waals surface area contributed by atoms with Crippen LogP contribution in [0.3, 0.4) is 0 Å². The van der Waals surface area contributed by atoms with Crippen LogP contribution >= 0.6 is 31.9 Å². The Balaban J connectivity index is 4.18. The topological polar surface area (TPSA) is 62.3 Å². The van der Waals surface area contributed by atoms with Crippen molar-refractivity contribution in [2.75, 3.05) is 18.8 Å². The summed E-state index contributed by atoms with van der Waals surface area (Å²) in [7, 11) is -1.06. The van der Waals surface area contributed by atoms with Crippen molar-refractivity contribution in [3.05, 3.63) is 10.3 Å². The molecule has 0 heterocycles. The Morgan fingerprint density at radius 2 is 2.06 bits per heavy atom. The molecular weight excluding hydrogens is 366 g/mol. The smallest absolute Gasteiger partial charge is 0.149 e. The average molecular weight is 385 g/mol. The lowest BCUT2D eigenvalue weighted by Gasteiger charge is -2.22. The average Bonchev–Trinajstić information content (AvgIpc) is 2.20. The quantitative estimate of drug-likeness (QED) is 0.183. The van der Waals surface area contributed by atoms with Crippen LogP contribution in [0.25, 0.3) is 0 Å². The normalized spacial score (nSPS) is 12.9. The van der Waals surface area contributed by atoms with Gasteiger partial charge in [0.05, 0.1) is 5.45 Å². The first-order valence-electron chi connectivity index (χ1n) is 5.26. The predicted molar refractivity (Wildman–Crippen MR) is 80.4 cm³/mol. The summed E-state index contributed by atoms with van der Waals surface area (Å²) in [5, 5.41) is 8.95. The van der Waals surface area contributed by atoms with E-state index < -0.39 is 8.07 Å². The molecule has 17 heavy (non-hydrogen) atoms. The van der Waals surface area contributed by atoms with Crippen LogP contribution in [0.5, 0.6) is 0 Å². The third-order valence-corrected chi connectivity index (χ3v) is 4.72. The number of nitrogens with two attached hydrogens (primary N) is 1. The standard InChI is InChI=1S/C10H19Br2N3OSi/c1-17(2,3)5-4-16-8-15(7-11)9(6-13)10(12)14/h4-5,7-8,14H2,1-3H3/b10-9-. The number of hydrogen-bond acceptors (Lipinski definition) is 4. The Labute approximate surface area is 121 Å². The maximum absolute atomic E-state index is 8.95. The van der Waals surface area contributed by atoms with Crippen LogP contribution in [0.1, 0.15) is 0 Å². The van der Waals surface area contributed by atoms with E-state index in [1.165, 1.54) is 0 Å². The summed E-state index contributed by atoms with van der Waals surface area (Å²) in [6.07, 6.45) is 0. The Bertz CT molecular complexity index is 306. The number of rotatable bonds is 7. The molecule has 0 aliphatic rings. The summed E-state index contributed by atoms with van der Waals surface area (Å²) in [5.74, 6) is 0. The Kier molecular flexibility index (Phi) is 8.12. The molecule has 0 aromatic carbocycles. The van der Waals surface area contributed by atoms with Crippen molar-refractivity contribution in [2.24, 2.45) is 5.73 Å². The molecule has 4 nitrogen and oxygen atoms in total. The monoisotopic (exact) mass is 383 g/mol. The third-order valence-electron chi connectivity index (χ3n) is 2.04. The second-order valence-corrected chi connectivity index (χ2v) is 11.8. The Morgan fingerprint density at radius 1 is 1.47 bits per heavy atom. The van der Waals surface area contributed by atoms with Gasteiger partial charge in [0.15, 0.2) is 0 Å². The molecule has 0 saturated carbocycles. The fourth-order valence-corrected chi connectivity index (χ4v) is 2.48. The Morgan fingerprint density at radius 3 is 2.41 bits per heavy atom. The molecule has 0 bridgehead atoms. The zero-order valence-electron chi connectivity index (χ0n) is 10.5. The molecule has 0 radical (unpaired) electrons. The van der Waals surface area contributed by atoms with E-state index in [2.05, 4.69) is 51.5 Å². The minimum Gasteiger partial charge on any atom is -0.391 e. The van der Waals surface area contributed by atoms with E-state index >= 15 is 0 Å². The van der Waals surface area contributed by atoms with Crippen molar-refractivity contribution in [1.29, 1.82) is 5.26 Å². The van der Waals surface area contributed by atoms with Crippen LogP contribution in [0.15, 0.2) is 10.3 Å². The highest BCUT2D eigenvalue weighted by Crippen LogP contribution is 2.13. The number of allylic oxidation sites excluding steroid dienone is 1. The zero-order chi connectivity index (χ0) is 13.5. The molecule has 0 aliphatic heterocycles. The molecule has 7 heteroatoms. The fourth-order valence-electron chi connectivity index (χ4n) is 0.987. The number of alkyl halides is 1. The molecule has 0 rings (SSSR count). The number of hydrogen-bond donors (Lipinski definition) is 1. The lowest BCUT2D eigenvalue weighted by Crippen LogP contribution is -2.28. The number of halogens is 2. The summed E-state index contributed by atoms with van der Waals surface area (Å²) in [6.45, 7) is 7.99. The maximum Gasteiger partial charge on any atom is 0.149 e. The number of nitriles is 1. The van der Waals surface area contributed by atoms with Gasteiger partial charge >= 0.3 is 0 Å². The van der Waals surface area contributed by atoms with E-state index in [0.29, 0.717) is 22.5 Å². The molecule has 0 amide bonds. The van der Waals surface area contributed by atoms with Gasteiger partial charge in [0.25, 0.3) is 0 Å². The van der Waals surface area contributed by atoms with Crippen molar-refractivity contribution in [3.8, 4) is 6.07 Å². The molecule has 0 fully saturated rings. The fraction of sp³-hybridized carbons (Fsp3) is 0.700. The minimum absolute atomic E-state index is 0.327. The Hall–Kier alpha value is -0.0331. The lowest BCUT2D eigenvalue weighted by molar-refractivity contribution is 0.0681. The molecule has 0 aromatic rings. The van der Waals surface area contributed by atoms with Gasteiger partial charge in [0.1, 0.15) is 23.1 Å². The first-order valence-corrected chi connectivity index (χ1v) is 10.9. The second-order valence-electron chi connectivity index (χ2n) is 4.82.